The molecule has 0 amide bonds. The lowest BCUT2D eigenvalue weighted by Crippen LogP contribution is -2.58. The average molecular weight is 246 g/mol. The summed E-state index contributed by atoms with van der Waals surface area (Å²) in [5, 5.41) is 0. The SMILES string of the molecule is COC1C(C)OC(C)C(OC)C1OCC(C)C. The van der Waals surface area contributed by atoms with Crippen molar-refractivity contribution in [1.29, 1.82) is 0 Å². The highest BCUT2D eigenvalue weighted by molar-refractivity contribution is 4.92. The Bertz CT molecular complexity index is 203. The molecule has 0 bridgehead atoms. The molecule has 1 rings (SSSR count). The lowest BCUT2D eigenvalue weighted by atomic mass is 9.95. The molecule has 1 aliphatic heterocycles. The molecule has 1 aliphatic rings. The zero-order valence-electron chi connectivity index (χ0n) is 11.8. The predicted octanol–water partition coefficient (Wildman–Crippen LogP) is 1.86. The Labute approximate surface area is 105 Å². The van der Waals surface area contributed by atoms with E-state index in [0.717, 1.165) is 0 Å². The lowest BCUT2D eigenvalue weighted by Gasteiger charge is -2.43. The standard InChI is InChI=1S/C13H26O4/c1-8(2)7-16-13-11(14-5)9(3)17-10(4)12(13)15-6/h8-13H,7H2,1-6H3. The van der Waals surface area contributed by atoms with Crippen LogP contribution in [0.4, 0.5) is 0 Å². The summed E-state index contributed by atoms with van der Waals surface area (Å²) in [5.74, 6) is 0.499. The van der Waals surface area contributed by atoms with Crippen LogP contribution < -0.4 is 0 Å². The van der Waals surface area contributed by atoms with Gasteiger partial charge < -0.3 is 18.9 Å². The topological polar surface area (TPSA) is 36.9 Å². The number of rotatable bonds is 5. The van der Waals surface area contributed by atoms with Crippen LogP contribution in [0.1, 0.15) is 27.7 Å². The average Bonchev–Trinajstić information content (AvgIpc) is 2.25. The van der Waals surface area contributed by atoms with Gasteiger partial charge >= 0.3 is 0 Å². The molecule has 4 unspecified atom stereocenters. The van der Waals surface area contributed by atoms with E-state index >= 15 is 0 Å². The molecule has 0 aliphatic carbocycles. The first-order valence-corrected chi connectivity index (χ1v) is 6.33. The smallest absolute Gasteiger partial charge is 0.115 e. The maximum Gasteiger partial charge on any atom is 0.115 e. The maximum atomic E-state index is 5.96. The molecule has 4 atom stereocenters. The number of ether oxygens (including phenoxy) is 4. The highest BCUT2D eigenvalue weighted by Crippen LogP contribution is 2.27. The summed E-state index contributed by atoms with van der Waals surface area (Å²) in [6, 6.07) is 0. The van der Waals surface area contributed by atoms with E-state index < -0.39 is 0 Å². The van der Waals surface area contributed by atoms with Gasteiger partial charge in [0.05, 0.1) is 12.2 Å². The van der Waals surface area contributed by atoms with Crippen molar-refractivity contribution in [3.63, 3.8) is 0 Å². The van der Waals surface area contributed by atoms with Crippen LogP contribution in [0.3, 0.4) is 0 Å². The molecule has 0 spiro atoms. The predicted molar refractivity (Wildman–Crippen MR) is 66.2 cm³/mol. The Kier molecular flexibility index (Phi) is 5.86. The monoisotopic (exact) mass is 246 g/mol. The van der Waals surface area contributed by atoms with Gasteiger partial charge in [0, 0.05) is 20.8 Å². The van der Waals surface area contributed by atoms with Crippen LogP contribution in [-0.4, -0.2) is 51.3 Å². The van der Waals surface area contributed by atoms with Crippen LogP contribution in [0.5, 0.6) is 0 Å². The second kappa shape index (κ2) is 6.69. The molecule has 1 saturated heterocycles. The van der Waals surface area contributed by atoms with Gasteiger partial charge in [-0.1, -0.05) is 13.8 Å². The molecule has 102 valence electrons. The molecule has 0 N–H and O–H groups in total. The summed E-state index contributed by atoms with van der Waals surface area (Å²) in [6.45, 7) is 9.01. The van der Waals surface area contributed by atoms with Crippen molar-refractivity contribution in [3.05, 3.63) is 0 Å². The van der Waals surface area contributed by atoms with Crippen molar-refractivity contribution in [2.75, 3.05) is 20.8 Å². The molecule has 0 saturated carbocycles. The van der Waals surface area contributed by atoms with Crippen LogP contribution in [0, 0.1) is 5.92 Å². The third-order valence-electron chi connectivity index (χ3n) is 3.17. The van der Waals surface area contributed by atoms with E-state index in [-0.39, 0.29) is 30.5 Å². The fourth-order valence-electron chi connectivity index (χ4n) is 2.36. The molecule has 0 aromatic carbocycles. The van der Waals surface area contributed by atoms with Gasteiger partial charge in [0.25, 0.3) is 0 Å². The van der Waals surface area contributed by atoms with E-state index in [2.05, 4.69) is 13.8 Å². The molecular formula is C13H26O4. The second-order valence-electron chi connectivity index (χ2n) is 5.14. The van der Waals surface area contributed by atoms with Crippen molar-refractivity contribution in [2.45, 2.75) is 58.2 Å². The normalized spacial score (nSPS) is 38.6. The Morgan fingerprint density at radius 2 is 1.41 bits per heavy atom. The van der Waals surface area contributed by atoms with Gasteiger partial charge in [-0.05, 0) is 19.8 Å². The summed E-state index contributed by atoms with van der Waals surface area (Å²) in [7, 11) is 3.39. The van der Waals surface area contributed by atoms with Crippen LogP contribution in [-0.2, 0) is 18.9 Å². The zero-order valence-corrected chi connectivity index (χ0v) is 11.8. The van der Waals surface area contributed by atoms with Gasteiger partial charge in [-0.3, -0.25) is 0 Å². The Hall–Kier alpha value is -0.160. The number of hydrogen-bond donors (Lipinski definition) is 0. The Balaban J connectivity index is 2.73. The zero-order chi connectivity index (χ0) is 13.0. The van der Waals surface area contributed by atoms with Gasteiger partial charge in [0.15, 0.2) is 0 Å². The number of methoxy groups -OCH3 is 2. The molecule has 1 fully saturated rings. The van der Waals surface area contributed by atoms with E-state index in [1.807, 2.05) is 13.8 Å². The first kappa shape index (κ1) is 14.9. The van der Waals surface area contributed by atoms with Crippen LogP contribution in [0.25, 0.3) is 0 Å². The summed E-state index contributed by atoms with van der Waals surface area (Å²) < 4.78 is 22.8. The Morgan fingerprint density at radius 3 is 1.76 bits per heavy atom. The summed E-state index contributed by atoms with van der Waals surface area (Å²) in [5.41, 5.74) is 0. The number of hydrogen-bond acceptors (Lipinski definition) is 4. The first-order valence-electron chi connectivity index (χ1n) is 6.33. The van der Waals surface area contributed by atoms with Crippen molar-refractivity contribution >= 4 is 0 Å². The summed E-state index contributed by atoms with van der Waals surface area (Å²) in [4.78, 5) is 0. The fourth-order valence-corrected chi connectivity index (χ4v) is 2.36. The third kappa shape index (κ3) is 3.65. The molecule has 4 nitrogen and oxygen atoms in total. The minimum Gasteiger partial charge on any atom is -0.376 e. The van der Waals surface area contributed by atoms with Crippen molar-refractivity contribution in [1.82, 2.24) is 0 Å². The summed E-state index contributed by atoms with van der Waals surface area (Å²) >= 11 is 0. The van der Waals surface area contributed by atoms with Gasteiger partial charge in [0.2, 0.25) is 0 Å². The fraction of sp³-hybridized carbons (Fsp3) is 1.00. The van der Waals surface area contributed by atoms with Gasteiger partial charge in [-0.25, -0.2) is 0 Å². The summed E-state index contributed by atoms with van der Waals surface area (Å²) in [6.07, 6.45) is -0.159. The highest BCUT2D eigenvalue weighted by Gasteiger charge is 2.43. The van der Waals surface area contributed by atoms with Gasteiger partial charge in [-0.15, -0.1) is 0 Å². The molecular weight excluding hydrogens is 220 g/mol. The highest BCUT2D eigenvalue weighted by atomic mass is 16.6. The van der Waals surface area contributed by atoms with E-state index in [4.69, 9.17) is 18.9 Å². The molecule has 1 heterocycles. The molecule has 0 radical (unpaired) electrons. The van der Waals surface area contributed by atoms with E-state index in [1.165, 1.54) is 0 Å². The van der Waals surface area contributed by atoms with Crippen molar-refractivity contribution < 1.29 is 18.9 Å². The van der Waals surface area contributed by atoms with Crippen molar-refractivity contribution in [3.8, 4) is 0 Å². The van der Waals surface area contributed by atoms with Crippen molar-refractivity contribution in [2.24, 2.45) is 5.92 Å². The lowest BCUT2D eigenvalue weighted by molar-refractivity contribution is -0.241. The van der Waals surface area contributed by atoms with E-state index in [0.29, 0.717) is 12.5 Å². The first-order chi connectivity index (χ1) is 8.01. The van der Waals surface area contributed by atoms with Crippen LogP contribution in [0.15, 0.2) is 0 Å². The Morgan fingerprint density at radius 1 is 0.941 bits per heavy atom. The molecule has 4 heteroatoms. The van der Waals surface area contributed by atoms with E-state index in [1.54, 1.807) is 14.2 Å². The van der Waals surface area contributed by atoms with Gasteiger partial charge in [0.1, 0.15) is 18.3 Å². The largest absolute Gasteiger partial charge is 0.376 e. The van der Waals surface area contributed by atoms with Gasteiger partial charge in [-0.2, -0.15) is 0 Å². The third-order valence-corrected chi connectivity index (χ3v) is 3.17. The molecule has 17 heavy (non-hydrogen) atoms. The maximum absolute atomic E-state index is 5.96. The molecule has 0 aromatic heterocycles. The second-order valence-corrected chi connectivity index (χ2v) is 5.14. The molecule has 0 aromatic rings. The van der Waals surface area contributed by atoms with E-state index in [9.17, 15) is 0 Å². The quantitative estimate of drug-likeness (QED) is 0.742. The van der Waals surface area contributed by atoms with Crippen LogP contribution in [0.2, 0.25) is 0 Å². The minimum absolute atomic E-state index is 0.0264. The van der Waals surface area contributed by atoms with Crippen LogP contribution >= 0.6 is 0 Å². The minimum atomic E-state index is -0.0742.